The monoisotopic (exact) mass is 243 g/mol. The fourth-order valence-corrected chi connectivity index (χ4v) is 1.16. The first-order valence-corrected chi connectivity index (χ1v) is 6.26. The first-order chi connectivity index (χ1) is 8.68. The lowest BCUT2D eigenvalue weighted by atomic mass is 10.3. The van der Waals surface area contributed by atoms with Crippen molar-refractivity contribution in [3.8, 4) is 5.75 Å². The molecule has 0 N–H and O–H groups in total. The molecule has 96 valence electrons. The summed E-state index contributed by atoms with van der Waals surface area (Å²) in [6.07, 6.45) is 1.77. The maximum Gasteiger partial charge on any atom is 0.130 e. The highest BCUT2D eigenvalue weighted by Crippen LogP contribution is 2.10. The third kappa shape index (κ3) is 6.69. The van der Waals surface area contributed by atoms with E-state index in [1.54, 1.807) is 6.20 Å². The number of ether oxygens (including phenoxy) is 1. The Hall–Kier alpha value is -1.83. The maximum absolute atomic E-state index is 5.53. The Morgan fingerprint density at radius 2 is 1.56 bits per heavy atom. The summed E-state index contributed by atoms with van der Waals surface area (Å²) in [7, 11) is 0. The molecule has 2 heteroatoms. The molecule has 0 radical (unpaired) electrons. The predicted molar refractivity (Wildman–Crippen MR) is 75.5 cm³/mol. The average Bonchev–Trinajstić information content (AvgIpc) is 2.38. The highest BCUT2D eigenvalue weighted by molar-refractivity contribution is 5.21. The lowest BCUT2D eigenvalue weighted by Gasteiger charge is -2.04. The number of pyridine rings is 1. The number of hydrogen-bond donors (Lipinski definition) is 0. The van der Waals surface area contributed by atoms with Gasteiger partial charge in [0.1, 0.15) is 12.4 Å². The van der Waals surface area contributed by atoms with Gasteiger partial charge in [-0.25, -0.2) is 0 Å². The summed E-state index contributed by atoms with van der Waals surface area (Å²) in [6, 6.07) is 15.5. The van der Waals surface area contributed by atoms with E-state index in [-0.39, 0.29) is 0 Å². The van der Waals surface area contributed by atoms with Crippen molar-refractivity contribution in [1.82, 2.24) is 4.98 Å². The minimum absolute atomic E-state index is 0.519. The first-order valence-electron chi connectivity index (χ1n) is 6.26. The van der Waals surface area contributed by atoms with Crippen LogP contribution in [0.4, 0.5) is 0 Å². The Bertz CT molecular complexity index is 369. The van der Waals surface area contributed by atoms with E-state index in [1.165, 1.54) is 0 Å². The van der Waals surface area contributed by atoms with E-state index in [4.69, 9.17) is 4.74 Å². The summed E-state index contributed by atoms with van der Waals surface area (Å²) in [5.74, 6) is 1.71. The third-order valence-corrected chi connectivity index (χ3v) is 1.86. The van der Waals surface area contributed by atoms with Crippen LogP contribution in [0.1, 0.15) is 26.5 Å². The van der Waals surface area contributed by atoms with Crippen LogP contribution < -0.4 is 4.74 Å². The number of para-hydroxylation sites is 1. The molecule has 0 fully saturated rings. The molecule has 0 bridgehead atoms. The molecule has 0 atom stereocenters. The Kier molecular flexibility index (Phi) is 6.55. The van der Waals surface area contributed by atoms with Gasteiger partial charge in [-0.05, 0) is 30.2 Å². The van der Waals surface area contributed by atoms with Gasteiger partial charge >= 0.3 is 0 Å². The Morgan fingerprint density at radius 1 is 0.944 bits per heavy atom. The van der Waals surface area contributed by atoms with Crippen LogP contribution >= 0.6 is 0 Å². The van der Waals surface area contributed by atoms with Crippen molar-refractivity contribution in [3.63, 3.8) is 0 Å². The van der Waals surface area contributed by atoms with Crippen LogP contribution in [0.15, 0.2) is 54.7 Å². The zero-order valence-corrected chi connectivity index (χ0v) is 11.3. The van der Waals surface area contributed by atoms with Gasteiger partial charge in [0.05, 0.1) is 5.69 Å². The highest BCUT2D eigenvalue weighted by Gasteiger charge is 1.94. The molecule has 0 aliphatic heterocycles. The van der Waals surface area contributed by atoms with E-state index in [2.05, 4.69) is 25.8 Å². The van der Waals surface area contributed by atoms with Crippen LogP contribution in [-0.2, 0) is 6.61 Å². The van der Waals surface area contributed by atoms with Crippen molar-refractivity contribution in [2.75, 3.05) is 0 Å². The second-order valence-electron chi connectivity index (χ2n) is 4.65. The molecule has 1 aromatic heterocycles. The van der Waals surface area contributed by atoms with Crippen molar-refractivity contribution in [1.29, 1.82) is 0 Å². The zero-order valence-electron chi connectivity index (χ0n) is 11.3. The van der Waals surface area contributed by atoms with Crippen molar-refractivity contribution in [2.24, 2.45) is 5.92 Å². The van der Waals surface area contributed by atoms with Gasteiger partial charge < -0.3 is 4.74 Å². The lowest BCUT2D eigenvalue weighted by Crippen LogP contribution is -1.96. The highest BCUT2D eigenvalue weighted by atomic mass is 16.5. The number of hydrogen-bond acceptors (Lipinski definition) is 2. The Labute approximate surface area is 110 Å². The molecule has 18 heavy (non-hydrogen) atoms. The SMILES string of the molecule is CC(C)C.c1ccc(OCc2ccccn2)cc1. The molecule has 0 unspecified atom stereocenters. The quantitative estimate of drug-likeness (QED) is 0.800. The van der Waals surface area contributed by atoms with Gasteiger partial charge in [-0.1, -0.05) is 45.0 Å². The van der Waals surface area contributed by atoms with E-state index in [9.17, 15) is 0 Å². The standard InChI is InChI=1S/C12H11NO.C4H10/c1-2-7-12(8-3-1)14-10-11-6-4-5-9-13-11;1-4(2)3/h1-9H,10H2;4H,1-3H3. The minimum atomic E-state index is 0.519. The smallest absolute Gasteiger partial charge is 0.130 e. The summed E-state index contributed by atoms with van der Waals surface area (Å²) in [5, 5.41) is 0. The Balaban J connectivity index is 0.000000357. The molecule has 1 aromatic carbocycles. The largest absolute Gasteiger partial charge is 0.487 e. The summed E-state index contributed by atoms with van der Waals surface area (Å²) < 4.78 is 5.53. The molecular weight excluding hydrogens is 222 g/mol. The van der Waals surface area contributed by atoms with E-state index >= 15 is 0 Å². The second-order valence-corrected chi connectivity index (χ2v) is 4.65. The minimum Gasteiger partial charge on any atom is -0.487 e. The molecule has 0 saturated carbocycles. The van der Waals surface area contributed by atoms with Gasteiger partial charge in [0.15, 0.2) is 0 Å². The first kappa shape index (κ1) is 14.2. The summed E-state index contributed by atoms with van der Waals surface area (Å²) in [4.78, 5) is 4.17. The topological polar surface area (TPSA) is 22.1 Å². The van der Waals surface area contributed by atoms with E-state index in [0.29, 0.717) is 6.61 Å². The number of benzene rings is 1. The van der Waals surface area contributed by atoms with Gasteiger partial charge in [0.2, 0.25) is 0 Å². The molecule has 2 nitrogen and oxygen atoms in total. The molecule has 0 amide bonds. The molecule has 2 aromatic rings. The van der Waals surface area contributed by atoms with Crippen molar-refractivity contribution in [2.45, 2.75) is 27.4 Å². The van der Waals surface area contributed by atoms with E-state index < -0.39 is 0 Å². The number of nitrogens with zero attached hydrogens (tertiary/aromatic N) is 1. The van der Waals surface area contributed by atoms with Crippen LogP contribution in [-0.4, -0.2) is 4.98 Å². The predicted octanol–water partition coefficient (Wildman–Crippen LogP) is 4.32. The third-order valence-electron chi connectivity index (χ3n) is 1.86. The number of aromatic nitrogens is 1. The maximum atomic E-state index is 5.53. The molecular formula is C16H21NO. The lowest BCUT2D eigenvalue weighted by molar-refractivity contribution is 0.301. The normalized spacial score (nSPS) is 9.56. The van der Waals surface area contributed by atoms with Gasteiger partial charge in [0.25, 0.3) is 0 Å². The zero-order chi connectivity index (χ0) is 13.2. The van der Waals surface area contributed by atoms with Gasteiger partial charge in [-0.3, -0.25) is 4.98 Å². The van der Waals surface area contributed by atoms with Crippen LogP contribution in [0.5, 0.6) is 5.75 Å². The molecule has 0 spiro atoms. The second kappa shape index (κ2) is 8.29. The fraction of sp³-hybridized carbons (Fsp3) is 0.312. The average molecular weight is 243 g/mol. The molecule has 2 rings (SSSR count). The van der Waals surface area contributed by atoms with E-state index in [1.807, 2.05) is 48.5 Å². The van der Waals surface area contributed by atoms with Crippen LogP contribution in [0.25, 0.3) is 0 Å². The summed E-state index contributed by atoms with van der Waals surface area (Å²) in [5.41, 5.74) is 0.941. The molecule has 0 saturated heterocycles. The molecule has 1 heterocycles. The number of rotatable bonds is 3. The van der Waals surface area contributed by atoms with Crippen LogP contribution in [0.3, 0.4) is 0 Å². The molecule has 0 aliphatic carbocycles. The van der Waals surface area contributed by atoms with Crippen molar-refractivity contribution in [3.05, 3.63) is 60.4 Å². The van der Waals surface area contributed by atoms with E-state index in [0.717, 1.165) is 17.4 Å². The fourth-order valence-electron chi connectivity index (χ4n) is 1.16. The van der Waals surface area contributed by atoms with Crippen LogP contribution in [0, 0.1) is 5.92 Å². The summed E-state index contributed by atoms with van der Waals surface area (Å²) in [6.45, 7) is 7.02. The van der Waals surface area contributed by atoms with Gasteiger partial charge in [0, 0.05) is 6.20 Å². The summed E-state index contributed by atoms with van der Waals surface area (Å²) >= 11 is 0. The van der Waals surface area contributed by atoms with Crippen molar-refractivity contribution >= 4 is 0 Å². The van der Waals surface area contributed by atoms with Crippen molar-refractivity contribution < 1.29 is 4.74 Å². The van der Waals surface area contributed by atoms with Gasteiger partial charge in [-0.2, -0.15) is 0 Å². The Morgan fingerprint density at radius 3 is 2.11 bits per heavy atom. The van der Waals surface area contributed by atoms with Gasteiger partial charge in [-0.15, -0.1) is 0 Å². The molecule has 0 aliphatic rings. The van der Waals surface area contributed by atoms with Crippen LogP contribution in [0.2, 0.25) is 0 Å².